The topological polar surface area (TPSA) is 38.3 Å². The maximum atomic E-state index is 11.9. The summed E-state index contributed by atoms with van der Waals surface area (Å²) >= 11 is 6.07. The first-order chi connectivity index (χ1) is 7.88. The lowest BCUT2D eigenvalue weighted by molar-refractivity contribution is -0.140. The van der Waals surface area contributed by atoms with Gasteiger partial charge in [0.25, 0.3) is 5.91 Å². The van der Waals surface area contributed by atoms with Crippen LogP contribution >= 0.6 is 11.6 Å². The zero-order chi connectivity index (χ0) is 13.1. The van der Waals surface area contributed by atoms with Gasteiger partial charge in [0.15, 0.2) is 0 Å². The molecule has 1 aromatic rings. The number of methoxy groups -OCH3 is 1. The van der Waals surface area contributed by atoms with Gasteiger partial charge in [0.05, 0.1) is 6.04 Å². The van der Waals surface area contributed by atoms with Gasteiger partial charge < -0.3 is 10.1 Å². The zero-order valence-electron chi connectivity index (χ0n) is 10.6. The SMILES string of the molecule is COC(C)(C)C(=O)NC(C)c1ccccc1Cl. The van der Waals surface area contributed by atoms with Gasteiger partial charge in [0.2, 0.25) is 0 Å². The van der Waals surface area contributed by atoms with E-state index in [1.807, 2.05) is 25.1 Å². The molecule has 1 amide bonds. The lowest BCUT2D eigenvalue weighted by Gasteiger charge is -2.25. The average molecular weight is 256 g/mol. The van der Waals surface area contributed by atoms with E-state index in [0.29, 0.717) is 5.02 Å². The smallest absolute Gasteiger partial charge is 0.252 e. The number of benzene rings is 1. The molecule has 0 fully saturated rings. The summed E-state index contributed by atoms with van der Waals surface area (Å²) in [5.41, 5.74) is 0.0598. The molecule has 0 saturated carbocycles. The second kappa shape index (κ2) is 5.52. The first-order valence-corrected chi connectivity index (χ1v) is 5.87. The molecular weight excluding hydrogens is 238 g/mol. The standard InChI is InChI=1S/C13H18ClNO2/c1-9(10-7-5-6-8-11(10)14)15-12(16)13(2,3)17-4/h5-9H,1-4H3,(H,15,16). The number of hydrogen-bond acceptors (Lipinski definition) is 2. The van der Waals surface area contributed by atoms with Gasteiger partial charge in [-0.25, -0.2) is 0 Å². The maximum absolute atomic E-state index is 11.9. The number of halogens is 1. The molecule has 0 heterocycles. The molecule has 1 rings (SSSR count). The number of carbonyl (C=O) groups excluding carboxylic acids is 1. The molecule has 0 aliphatic rings. The number of nitrogens with one attached hydrogen (secondary N) is 1. The van der Waals surface area contributed by atoms with E-state index in [4.69, 9.17) is 16.3 Å². The molecule has 1 atom stereocenters. The largest absolute Gasteiger partial charge is 0.369 e. The Morgan fingerprint density at radius 2 is 2.00 bits per heavy atom. The maximum Gasteiger partial charge on any atom is 0.252 e. The summed E-state index contributed by atoms with van der Waals surface area (Å²) in [6.45, 7) is 5.34. The number of ether oxygens (including phenoxy) is 1. The van der Waals surface area contributed by atoms with Crippen molar-refractivity contribution in [2.75, 3.05) is 7.11 Å². The van der Waals surface area contributed by atoms with E-state index in [1.54, 1.807) is 19.9 Å². The van der Waals surface area contributed by atoms with Crippen LogP contribution in [0.25, 0.3) is 0 Å². The fraction of sp³-hybridized carbons (Fsp3) is 0.462. The second-order valence-corrected chi connectivity index (χ2v) is 4.84. The summed E-state index contributed by atoms with van der Waals surface area (Å²) in [6.07, 6.45) is 0. The van der Waals surface area contributed by atoms with Crippen LogP contribution in [0.2, 0.25) is 5.02 Å². The predicted octanol–water partition coefficient (Wildman–Crippen LogP) is 2.94. The molecule has 17 heavy (non-hydrogen) atoms. The molecule has 1 aromatic carbocycles. The molecule has 3 nitrogen and oxygen atoms in total. The van der Waals surface area contributed by atoms with E-state index in [9.17, 15) is 4.79 Å². The monoisotopic (exact) mass is 255 g/mol. The summed E-state index contributed by atoms with van der Waals surface area (Å²) in [5, 5.41) is 3.53. The molecule has 4 heteroatoms. The van der Waals surface area contributed by atoms with Crippen LogP contribution in [-0.4, -0.2) is 18.6 Å². The Balaban J connectivity index is 2.77. The molecule has 0 spiro atoms. The number of carbonyl (C=O) groups is 1. The van der Waals surface area contributed by atoms with Crippen molar-refractivity contribution < 1.29 is 9.53 Å². The summed E-state index contributed by atoms with van der Waals surface area (Å²) in [5.74, 6) is -0.160. The van der Waals surface area contributed by atoms with Crippen molar-refractivity contribution in [3.8, 4) is 0 Å². The Bertz CT molecular complexity index is 404. The summed E-state index contributed by atoms with van der Waals surface area (Å²) in [6, 6.07) is 7.31. The van der Waals surface area contributed by atoms with E-state index in [1.165, 1.54) is 7.11 Å². The highest BCUT2D eigenvalue weighted by atomic mass is 35.5. The van der Waals surface area contributed by atoms with Crippen LogP contribution < -0.4 is 5.32 Å². The van der Waals surface area contributed by atoms with E-state index in [-0.39, 0.29) is 11.9 Å². The molecule has 94 valence electrons. The van der Waals surface area contributed by atoms with Crippen molar-refractivity contribution in [2.45, 2.75) is 32.4 Å². The molecule has 1 N–H and O–H groups in total. The summed E-state index contributed by atoms with van der Waals surface area (Å²) in [7, 11) is 1.51. The van der Waals surface area contributed by atoms with Gasteiger partial charge in [0, 0.05) is 12.1 Å². The Morgan fingerprint density at radius 3 is 2.53 bits per heavy atom. The fourth-order valence-electron chi connectivity index (χ4n) is 1.37. The first-order valence-electron chi connectivity index (χ1n) is 5.49. The van der Waals surface area contributed by atoms with Crippen LogP contribution in [0.15, 0.2) is 24.3 Å². The minimum Gasteiger partial charge on any atom is -0.369 e. The van der Waals surface area contributed by atoms with E-state index >= 15 is 0 Å². The summed E-state index contributed by atoms with van der Waals surface area (Å²) in [4.78, 5) is 11.9. The van der Waals surface area contributed by atoms with E-state index in [0.717, 1.165) is 5.56 Å². The van der Waals surface area contributed by atoms with E-state index in [2.05, 4.69) is 5.32 Å². The van der Waals surface area contributed by atoms with Crippen LogP contribution in [0.5, 0.6) is 0 Å². The van der Waals surface area contributed by atoms with Crippen LogP contribution in [0.4, 0.5) is 0 Å². The lowest BCUT2D eigenvalue weighted by atomic mass is 10.1. The van der Waals surface area contributed by atoms with Gasteiger partial charge in [-0.3, -0.25) is 4.79 Å². The Labute approximate surface area is 107 Å². The first kappa shape index (κ1) is 14.0. The zero-order valence-corrected chi connectivity index (χ0v) is 11.3. The Morgan fingerprint density at radius 1 is 1.41 bits per heavy atom. The number of hydrogen-bond donors (Lipinski definition) is 1. The number of amides is 1. The lowest BCUT2D eigenvalue weighted by Crippen LogP contribution is -2.44. The highest BCUT2D eigenvalue weighted by Crippen LogP contribution is 2.22. The average Bonchev–Trinajstić information content (AvgIpc) is 2.29. The van der Waals surface area contributed by atoms with Crippen molar-refractivity contribution in [1.82, 2.24) is 5.32 Å². The van der Waals surface area contributed by atoms with Crippen molar-refractivity contribution in [1.29, 1.82) is 0 Å². The fourth-order valence-corrected chi connectivity index (χ4v) is 1.67. The third-order valence-electron chi connectivity index (χ3n) is 2.78. The molecule has 1 unspecified atom stereocenters. The molecule has 0 saturated heterocycles. The molecule has 0 bridgehead atoms. The van der Waals surface area contributed by atoms with Gasteiger partial charge in [-0.15, -0.1) is 0 Å². The van der Waals surface area contributed by atoms with Crippen molar-refractivity contribution in [3.05, 3.63) is 34.9 Å². The number of rotatable bonds is 4. The quantitative estimate of drug-likeness (QED) is 0.898. The predicted molar refractivity (Wildman–Crippen MR) is 69.1 cm³/mol. The van der Waals surface area contributed by atoms with Crippen LogP contribution in [0.3, 0.4) is 0 Å². The molecule has 0 aliphatic carbocycles. The Hall–Kier alpha value is -1.06. The molecule has 0 radical (unpaired) electrons. The minimum absolute atomic E-state index is 0.148. The van der Waals surface area contributed by atoms with Gasteiger partial charge >= 0.3 is 0 Å². The second-order valence-electron chi connectivity index (χ2n) is 4.43. The molecular formula is C13H18ClNO2. The van der Waals surface area contributed by atoms with Crippen LogP contribution in [-0.2, 0) is 9.53 Å². The van der Waals surface area contributed by atoms with Gasteiger partial charge in [-0.2, -0.15) is 0 Å². The highest BCUT2D eigenvalue weighted by Gasteiger charge is 2.28. The highest BCUT2D eigenvalue weighted by molar-refractivity contribution is 6.31. The van der Waals surface area contributed by atoms with Crippen molar-refractivity contribution in [2.24, 2.45) is 0 Å². The van der Waals surface area contributed by atoms with E-state index < -0.39 is 5.60 Å². The van der Waals surface area contributed by atoms with Gasteiger partial charge in [0.1, 0.15) is 5.60 Å². The summed E-state index contributed by atoms with van der Waals surface area (Å²) < 4.78 is 5.12. The third kappa shape index (κ3) is 3.45. The van der Waals surface area contributed by atoms with Crippen molar-refractivity contribution in [3.63, 3.8) is 0 Å². The normalized spacial score (nSPS) is 13.2. The molecule has 0 aromatic heterocycles. The van der Waals surface area contributed by atoms with Crippen molar-refractivity contribution >= 4 is 17.5 Å². The van der Waals surface area contributed by atoms with Crippen LogP contribution in [0, 0.1) is 0 Å². The van der Waals surface area contributed by atoms with Gasteiger partial charge in [-0.05, 0) is 32.4 Å². The third-order valence-corrected chi connectivity index (χ3v) is 3.12. The van der Waals surface area contributed by atoms with Gasteiger partial charge in [-0.1, -0.05) is 29.8 Å². The Kier molecular flexibility index (Phi) is 4.54. The molecule has 0 aliphatic heterocycles. The van der Waals surface area contributed by atoms with Crippen LogP contribution in [0.1, 0.15) is 32.4 Å². The minimum atomic E-state index is -0.838.